The van der Waals surface area contributed by atoms with Gasteiger partial charge < -0.3 is 15.3 Å². The van der Waals surface area contributed by atoms with E-state index >= 15 is 0 Å². The molecule has 0 radical (unpaired) electrons. The molecule has 1 unspecified atom stereocenters. The summed E-state index contributed by atoms with van der Waals surface area (Å²) >= 11 is 0. The summed E-state index contributed by atoms with van der Waals surface area (Å²) in [6.45, 7) is 3.56. The largest absolute Gasteiger partial charge is 0.481 e. The number of nitrogens with one attached hydrogen (secondary N) is 1. The third-order valence-electron chi connectivity index (χ3n) is 6.67. The molecule has 40 heavy (non-hydrogen) atoms. The molecule has 0 aromatic heterocycles. The molecule has 1 saturated heterocycles. The van der Waals surface area contributed by atoms with Crippen LogP contribution < -0.4 is 5.32 Å². The number of alkyl halides is 3. The monoisotopic (exact) mass is 583 g/mol. The lowest BCUT2D eigenvalue weighted by atomic mass is 10.0. The number of sulfonamides is 1. The molecule has 2 aromatic carbocycles. The number of carbonyl (C=O) groups excluding carboxylic acids is 2. The molecule has 218 valence electrons. The highest BCUT2D eigenvalue weighted by Gasteiger charge is 2.41. The molecule has 0 spiro atoms. The first kappa shape index (κ1) is 31.1. The van der Waals surface area contributed by atoms with E-state index in [1.807, 2.05) is 38.1 Å². The Labute approximate surface area is 231 Å². The Morgan fingerprint density at radius 1 is 1.00 bits per heavy atom. The van der Waals surface area contributed by atoms with Crippen LogP contribution in [0.25, 0.3) is 0 Å². The highest BCUT2D eigenvalue weighted by atomic mass is 32.2. The van der Waals surface area contributed by atoms with Gasteiger partial charge in [0, 0.05) is 39.0 Å². The molecule has 1 heterocycles. The fourth-order valence-electron chi connectivity index (χ4n) is 4.32. The predicted molar refractivity (Wildman–Crippen MR) is 140 cm³/mol. The average molecular weight is 584 g/mol. The van der Waals surface area contributed by atoms with Gasteiger partial charge in [-0.3, -0.25) is 14.4 Å². The SMILES string of the molecule is CC(C)c1ccc(CNC(=O)C2CN(C(=O)CCCC(=O)O)CCN2S(=O)(=O)c2ccc(C(F)(F)F)cc2)cc1. The van der Waals surface area contributed by atoms with Crippen LogP contribution in [0.4, 0.5) is 13.2 Å². The zero-order valence-electron chi connectivity index (χ0n) is 22.1. The maximum atomic E-state index is 13.5. The molecule has 0 bridgehead atoms. The number of piperazine rings is 1. The number of aliphatic carboxylic acids is 1. The topological polar surface area (TPSA) is 124 Å². The van der Waals surface area contributed by atoms with Gasteiger partial charge in [-0.15, -0.1) is 0 Å². The second kappa shape index (κ2) is 12.8. The maximum absolute atomic E-state index is 13.5. The fourth-order valence-corrected chi connectivity index (χ4v) is 5.89. The van der Waals surface area contributed by atoms with E-state index in [9.17, 15) is 36.0 Å². The van der Waals surface area contributed by atoms with Crippen molar-refractivity contribution in [3.8, 4) is 0 Å². The molecule has 9 nitrogen and oxygen atoms in total. The summed E-state index contributed by atoms with van der Waals surface area (Å²) in [6, 6.07) is 9.17. The molecule has 0 aliphatic carbocycles. The van der Waals surface area contributed by atoms with Crippen LogP contribution in [-0.4, -0.2) is 66.2 Å². The van der Waals surface area contributed by atoms with Gasteiger partial charge in [-0.25, -0.2) is 8.42 Å². The van der Waals surface area contributed by atoms with Gasteiger partial charge in [0.2, 0.25) is 21.8 Å². The van der Waals surface area contributed by atoms with Crippen molar-refractivity contribution in [2.75, 3.05) is 19.6 Å². The maximum Gasteiger partial charge on any atom is 0.416 e. The Kier molecular flexibility index (Phi) is 9.96. The molecule has 1 fully saturated rings. The van der Waals surface area contributed by atoms with E-state index in [0.29, 0.717) is 18.1 Å². The van der Waals surface area contributed by atoms with E-state index in [1.165, 1.54) is 4.90 Å². The summed E-state index contributed by atoms with van der Waals surface area (Å²) in [4.78, 5) is 37.7. The molecule has 2 amide bonds. The lowest BCUT2D eigenvalue weighted by Gasteiger charge is -2.39. The molecule has 2 N–H and O–H groups in total. The van der Waals surface area contributed by atoms with E-state index in [2.05, 4.69) is 5.32 Å². The summed E-state index contributed by atoms with van der Waals surface area (Å²) in [6.07, 6.45) is -4.87. The van der Waals surface area contributed by atoms with Crippen LogP contribution in [-0.2, 0) is 37.1 Å². The van der Waals surface area contributed by atoms with Crippen molar-refractivity contribution in [3.05, 3.63) is 65.2 Å². The van der Waals surface area contributed by atoms with Gasteiger partial charge in [-0.2, -0.15) is 17.5 Å². The number of carbonyl (C=O) groups is 3. The number of hydrogen-bond donors (Lipinski definition) is 2. The second-order valence-corrected chi connectivity index (χ2v) is 11.7. The van der Waals surface area contributed by atoms with Crippen molar-refractivity contribution in [2.45, 2.75) is 62.7 Å². The van der Waals surface area contributed by atoms with Crippen molar-refractivity contribution < 1.29 is 41.1 Å². The molecule has 1 aliphatic heterocycles. The van der Waals surface area contributed by atoms with Gasteiger partial charge in [-0.05, 0) is 47.7 Å². The average Bonchev–Trinajstić information content (AvgIpc) is 2.90. The summed E-state index contributed by atoms with van der Waals surface area (Å²) in [5, 5.41) is 11.5. The number of benzene rings is 2. The van der Waals surface area contributed by atoms with Crippen LogP contribution in [0.15, 0.2) is 53.4 Å². The number of carboxylic acids is 1. The van der Waals surface area contributed by atoms with E-state index in [1.54, 1.807) is 0 Å². The lowest BCUT2D eigenvalue weighted by Crippen LogP contribution is -2.61. The van der Waals surface area contributed by atoms with E-state index in [0.717, 1.165) is 27.6 Å². The zero-order chi connectivity index (χ0) is 29.7. The van der Waals surface area contributed by atoms with Crippen molar-refractivity contribution in [3.63, 3.8) is 0 Å². The minimum atomic E-state index is -4.65. The van der Waals surface area contributed by atoms with Crippen molar-refractivity contribution >= 4 is 27.8 Å². The first-order valence-electron chi connectivity index (χ1n) is 12.8. The standard InChI is InChI=1S/C27H32F3N3O6S/c1-18(2)20-8-6-19(7-9-20)16-31-26(37)23-17-32(24(34)4-3-5-25(35)36)14-15-33(23)40(38,39)22-12-10-21(11-13-22)27(28,29)30/h6-13,18,23H,3-5,14-17H2,1-2H3,(H,31,37)(H,35,36). The van der Waals surface area contributed by atoms with Gasteiger partial charge in [0.15, 0.2) is 0 Å². The third-order valence-corrected chi connectivity index (χ3v) is 8.59. The molecule has 2 aromatic rings. The highest BCUT2D eigenvalue weighted by molar-refractivity contribution is 7.89. The summed E-state index contributed by atoms with van der Waals surface area (Å²) in [5.41, 5.74) is 0.863. The Morgan fingerprint density at radius 2 is 1.62 bits per heavy atom. The van der Waals surface area contributed by atoms with E-state index in [-0.39, 0.29) is 45.4 Å². The van der Waals surface area contributed by atoms with Gasteiger partial charge in [-0.1, -0.05) is 38.1 Å². The number of hydrogen-bond acceptors (Lipinski definition) is 5. The number of carboxylic acid groups (broad SMARTS) is 1. The van der Waals surface area contributed by atoms with Crippen LogP contribution in [0.3, 0.4) is 0 Å². The fraction of sp³-hybridized carbons (Fsp3) is 0.444. The molecule has 0 saturated carbocycles. The Hall–Kier alpha value is -3.45. The van der Waals surface area contributed by atoms with E-state index in [4.69, 9.17) is 5.11 Å². The van der Waals surface area contributed by atoms with Crippen molar-refractivity contribution in [2.24, 2.45) is 0 Å². The molecule has 1 aliphatic rings. The summed E-state index contributed by atoms with van der Waals surface area (Å²) in [7, 11) is -4.40. The number of amides is 2. The van der Waals surface area contributed by atoms with Gasteiger partial charge in [0.1, 0.15) is 6.04 Å². The number of halogens is 3. The number of rotatable bonds is 10. The van der Waals surface area contributed by atoms with Gasteiger partial charge in [0.05, 0.1) is 10.5 Å². The van der Waals surface area contributed by atoms with Crippen LogP contribution in [0.2, 0.25) is 0 Å². The van der Waals surface area contributed by atoms with Crippen LogP contribution >= 0.6 is 0 Å². The van der Waals surface area contributed by atoms with Gasteiger partial charge >= 0.3 is 12.1 Å². The molecule has 1 atom stereocenters. The molecule has 3 rings (SSSR count). The van der Waals surface area contributed by atoms with Crippen LogP contribution in [0.1, 0.15) is 55.7 Å². The Morgan fingerprint density at radius 3 is 2.17 bits per heavy atom. The van der Waals surface area contributed by atoms with Crippen LogP contribution in [0, 0.1) is 0 Å². The van der Waals surface area contributed by atoms with Crippen LogP contribution in [0.5, 0.6) is 0 Å². The number of nitrogens with zero attached hydrogens (tertiary/aromatic N) is 2. The summed E-state index contributed by atoms with van der Waals surface area (Å²) in [5.74, 6) is -1.84. The molecular weight excluding hydrogens is 551 g/mol. The second-order valence-electron chi connectivity index (χ2n) is 9.85. The third kappa shape index (κ3) is 7.81. The minimum absolute atomic E-state index is 0.0633. The smallest absolute Gasteiger partial charge is 0.416 e. The van der Waals surface area contributed by atoms with Crippen molar-refractivity contribution in [1.29, 1.82) is 0 Å². The molecule has 13 heteroatoms. The molecular formula is C27H32F3N3O6S. The minimum Gasteiger partial charge on any atom is -0.481 e. The quantitative estimate of drug-likeness (QED) is 0.441. The highest BCUT2D eigenvalue weighted by Crippen LogP contribution is 2.31. The van der Waals surface area contributed by atoms with Gasteiger partial charge in [0.25, 0.3) is 0 Å². The Bertz CT molecular complexity index is 1310. The van der Waals surface area contributed by atoms with Crippen molar-refractivity contribution in [1.82, 2.24) is 14.5 Å². The predicted octanol–water partition coefficient (Wildman–Crippen LogP) is 3.60. The van der Waals surface area contributed by atoms with E-state index < -0.39 is 50.5 Å². The first-order valence-corrected chi connectivity index (χ1v) is 14.2. The zero-order valence-corrected chi connectivity index (χ0v) is 23.0. The lowest BCUT2D eigenvalue weighted by molar-refractivity contribution is -0.139. The normalized spacial score (nSPS) is 16.6. The summed E-state index contributed by atoms with van der Waals surface area (Å²) < 4.78 is 66.8. The first-order chi connectivity index (χ1) is 18.7. The Balaban J connectivity index is 1.82.